The van der Waals surface area contributed by atoms with Crippen LogP contribution in [0.1, 0.15) is 24.0 Å². The Kier molecular flexibility index (Phi) is 2.00. The van der Waals surface area contributed by atoms with Gasteiger partial charge in [-0.15, -0.1) is 0 Å². The number of nitrogens with zero attached hydrogens (tertiary/aromatic N) is 1. The summed E-state index contributed by atoms with van der Waals surface area (Å²) in [6.07, 6.45) is 3.92. The van der Waals surface area contributed by atoms with E-state index in [9.17, 15) is 4.79 Å². The van der Waals surface area contributed by atoms with Gasteiger partial charge in [-0.3, -0.25) is 9.79 Å². The highest BCUT2D eigenvalue weighted by molar-refractivity contribution is 6.01. The Hall–Kier alpha value is -1.38. The molecule has 0 aromatic carbocycles. The number of nitrogens with one attached hydrogen (secondary N) is 1. The first-order valence-electron chi connectivity index (χ1n) is 4.50. The van der Waals surface area contributed by atoms with Crippen molar-refractivity contribution < 1.29 is 0 Å². The normalized spacial score (nSPS) is 15.9. The zero-order valence-electron chi connectivity index (χ0n) is 7.63. The molecule has 0 spiro atoms. The molecule has 1 aromatic rings. The molecule has 68 valence electrons. The summed E-state index contributed by atoms with van der Waals surface area (Å²) in [6.45, 7) is 2.74. The molecule has 0 atom stereocenters. The second kappa shape index (κ2) is 3.17. The minimum atomic E-state index is -0.0117. The van der Waals surface area contributed by atoms with Gasteiger partial charge in [0.1, 0.15) is 0 Å². The van der Waals surface area contributed by atoms with E-state index in [2.05, 4.69) is 9.98 Å². The molecule has 0 fully saturated rings. The Bertz CT molecular complexity index is 404. The average molecular weight is 176 g/mol. The SMILES string of the molecule is Cc1cc(C2=NCCC2)c[nH]c1=O. The number of aromatic nitrogens is 1. The molecule has 0 bridgehead atoms. The number of aliphatic imine (C=N–C) groups is 1. The van der Waals surface area contributed by atoms with Gasteiger partial charge < -0.3 is 4.98 Å². The standard InChI is InChI=1S/C10H12N2O/c1-7-5-8(6-12-10(7)13)9-3-2-4-11-9/h5-6H,2-4H2,1H3,(H,12,13). The summed E-state index contributed by atoms with van der Waals surface area (Å²) in [5.74, 6) is 0. The molecule has 1 aliphatic rings. The van der Waals surface area contributed by atoms with E-state index in [-0.39, 0.29) is 5.56 Å². The van der Waals surface area contributed by atoms with E-state index < -0.39 is 0 Å². The first kappa shape index (κ1) is 8.23. The van der Waals surface area contributed by atoms with E-state index in [1.807, 2.05) is 13.0 Å². The van der Waals surface area contributed by atoms with E-state index in [1.54, 1.807) is 6.20 Å². The summed E-state index contributed by atoms with van der Waals surface area (Å²) in [5, 5.41) is 0. The maximum absolute atomic E-state index is 11.1. The lowest BCUT2D eigenvalue weighted by Crippen LogP contribution is -2.11. The maximum atomic E-state index is 11.1. The quantitative estimate of drug-likeness (QED) is 0.688. The number of hydrogen-bond donors (Lipinski definition) is 1. The van der Waals surface area contributed by atoms with Crippen LogP contribution in [0.5, 0.6) is 0 Å². The molecule has 0 amide bonds. The summed E-state index contributed by atoms with van der Waals surface area (Å²) in [4.78, 5) is 18.2. The van der Waals surface area contributed by atoms with Gasteiger partial charge in [-0.2, -0.15) is 0 Å². The number of rotatable bonds is 1. The lowest BCUT2D eigenvalue weighted by atomic mass is 10.1. The Morgan fingerprint density at radius 3 is 3.00 bits per heavy atom. The van der Waals surface area contributed by atoms with Crippen LogP contribution in [0.15, 0.2) is 22.1 Å². The van der Waals surface area contributed by atoms with Crippen LogP contribution in [0.2, 0.25) is 0 Å². The smallest absolute Gasteiger partial charge is 0.250 e. The summed E-state index contributed by atoms with van der Waals surface area (Å²) in [5.41, 5.74) is 2.93. The molecular formula is C10H12N2O. The monoisotopic (exact) mass is 176 g/mol. The van der Waals surface area contributed by atoms with Gasteiger partial charge in [-0.05, 0) is 25.8 Å². The summed E-state index contributed by atoms with van der Waals surface area (Å²) >= 11 is 0. The van der Waals surface area contributed by atoms with Crippen LogP contribution in [-0.2, 0) is 0 Å². The van der Waals surface area contributed by atoms with Crippen LogP contribution in [-0.4, -0.2) is 17.2 Å². The van der Waals surface area contributed by atoms with Gasteiger partial charge in [0.25, 0.3) is 5.56 Å². The number of aryl methyl sites for hydroxylation is 1. The fraction of sp³-hybridized carbons (Fsp3) is 0.400. The minimum Gasteiger partial charge on any atom is -0.328 e. The minimum absolute atomic E-state index is 0.0117. The van der Waals surface area contributed by atoms with Crippen molar-refractivity contribution in [3.63, 3.8) is 0 Å². The molecule has 0 aliphatic carbocycles. The third-order valence-corrected chi connectivity index (χ3v) is 2.30. The number of pyridine rings is 1. The maximum Gasteiger partial charge on any atom is 0.250 e. The second-order valence-corrected chi connectivity index (χ2v) is 3.33. The van der Waals surface area contributed by atoms with Gasteiger partial charge in [0.2, 0.25) is 0 Å². The molecule has 3 nitrogen and oxygen atoms in total. The predicted molar refractivity (Wildman–Crippen MR) is 52.4 cm³/mol. The highest BCUT2D eigenvalue weighted by Gasteiger charge is 2.09. The van der Waals surface area contributed by atoms with Crippen LogP contribution in [0.3, 0.4) is 0 Å². The van der Waals surface area contributed by atoms with Crippen molar-refractivity contribution in [1.29, 1.82) is 0 Å². The van der Waals surface area contributed by atoms with E-state index in [1.165, 1.54) is 0 Å². The molecule has 3 heteroatoms. The predicted octanol–water partition coefficient (Wildman–Crippen LogP) is 1.27. The van der Waals surface area contributed by atoms with Crippen molar-refractivity contribution in [3.05, 3.63) is 33.7 Å². The van der Waals surface area contributed by atoms with Crippen molar-refractivity contribution in [3.8, 4) is 0 Å². The highest BCUT2D eigenvalue weighted by atomic mass is 16.1. The first-order chi connectivity index (χ1) is 6.27. The highest BCUT2D eigenvalue weighted by Crippen LogP contribution is 2.11. The van der Waals surface area contributed by atoms with E-state index >= 15 is 0 Å². The fourth-order valence-corrected chi connectivity index (χ4v) is 1.54. The van der Waals surface area contributed by atoms with Crippen molar-refractivity contribution in [2.45, 2.75) is 19.8 Å². The molecule has 0 radical (unpaired) electrons. The van der Waals surface area contributed by atoms with Crippen molar-refractivity contribution in [2.75, 3.05) is 6.54 Å². The van der Waals surface area contributed by atoms with Gasteiger partial charge in [0.05, 0.1) is 0 Å². The van der Waals surface area contributed by atoms with Gasteiger partial charge in [0.15, 0.2) is 0 Å². The van der Waals surface area contributed by atoms with E-state index in [4.69, 9.17) is 0 Å². The number of hydrogen-bond acceptors (Lipinski definition) is 2. The Morgan fingerprint density at radius 1 is 1.54 bits per heavy atom. The molecule has 0 saturated carbocycles. The topological polar surface area (TPSA) is 45.2 Å². The molecule has 13 heavy (non-hydrogen) atoms. The molecule has 2 heterocycles. The van der Waals surface area contributed by atoms with Crippen LogP contribution in [0.25, 0.3) is 0 Å². The van der Waals surface area contributed by atoms with Gasteiger partial charge >= 0.3 is 0 Å². The second-order valence-electron chi connectivity index (χ2n) is 3.33. The zero-order chi connectivity index (χ0) is 9.26. The molecule has 0 saturated heterocycles. The molecule has 0 unspecified atom stereocenters. The Morgan fingerprint density at radius 2 is 2.38 bits per heavy atom. The van der Waals surface area contributed by atoms with Crippen LogP contribution < -0.4 is 5.56 Å². The molecular weight excluding hydrogens is 164 g/mol. The van der Waals surface area contributed by atoms with Gasteiger partial charge in [0, 0.05) is 29.6 Å². The van der Waals surface area contributed by atoms with Crippen molar-refractivity contribution in [2.24, 2.45) is 4.99 Å². The lowest BCUT2D eigenvalue weighted by Gasteiger charge is -2.00. The van der Waals surface area contributed by atoms with E-state index in [0.29, 0.717) is 0 Å². The summed E-state index contributed by atoms with van der Waals surface area (Å²) in [6, 6.07) is 1.91. The van der Waals surface area contributed by atoms with Gasteiger partial charge in [-0.1, -0.05) is 0 Å². The summed E-state index contributed by atoms with van der Waals surface area (Å²) < 4.78 is 0. The van der Waals surface area contributed by atoms with Crippen molar-refractivity contribution >= 4 is 5.71 Å². The van der Waals surface area contributed by atoms with Crippen LogP contribution >= 0.6 is 0 Å². The molecule has 1 aliphatic heterocycles. The third kappa shape index (κ3) is 1.54. The van der Waals surface area contributed by atoms with Crippen LogP contribution in [0, 0.1) is 6.92 Å². The average Bonchev–Trinajstić information content (AvgIpc) is 2.62. The lowest BCUT2D eigenvalue weighted by molar-refractivity contribution is 0.951. The van der Waals surface area contributed by atoms with E-state index in [0.717, 1.165) is 36.2 Å². The first-order valence-corrected chi connectivity index (χ1v) is 4.50. The largest absolute Gasteiger partial charge is 0.328 e. The number of H-pyrrole nitrogens is 1. The van der Waals surface area contributed by atoms with Gasteiger partial charge in [-0.25, -0.2) is 0 Å². The molecule has 2 rings (SSSR count). The zero-order valence-corrected chi connectivity index (χ0v) is 7.63. The number of aromatic amines is 1. The van der Waals surface area contributed by atoms with Crippen LogP contribution in [0.4, 0.5) is 0 Å². The Labute approximate surface area is 76.5 Å². The fourth-order valence-electron chi connectivity index (χ4n) is 1.54. The third-order valence-electron chi connectivity index (χ3n) is 2.30. The molecule has 1 N–H and O–H groups in total. The van der Waals surface area contributed by atoms with Crippen molar-refractivity contribution in [1.82, 2.24) is 4.98 Å². The summed E-state index contributed by atoms with van der Waals surface area (Å²) in [7, 11) is 0. The Balaban J connectivity index is 2.41. The molecule has 1 aromatic heterocycles.